The van der Waals surface area contributed by atoms with Crippen LogP contribution in [0.2, 0.25) is 0 Å². The summed E-state index contributed by atoms with van der Waals surface area (Å²) in [7, 11) is 1.73. The summed E-state index contributed by atoms with van der Waals surface area (Å²) >= 11 is 0. The van der Waals surface area contributed by atoms with E-state index in [2.05, 4.69) is 19.9 Å². The zero-order valence-corrected chi connectivity index (χ0v) is 14.6. The molecule has 0 amide bonds. The molecule has 0 saturated heterocycles. The van der Waals surface area contributed by atoms with Crippen molar-refractivity contribution in [3.8, 4) is 0 Å². The lowest BCUT2D eigenvalue weighted by Crippen LogP contribution is -2.53. The highest BCUT2D eigenvalue weighted by Crippen LogP contribution is 2.63. The van der Waals surface area contributed by atoms with Gasteiger partial charge in [-0.25, -0.2) is 0 Å². The molecule has 0 aliphatic heterocycles. The van der Waals surface area contributed by atoms with Crippen molar-refractivity contribution < 1.29 is 14.3 Å². The number of rotatable bonds is 1. The molecule has 126 valence electrons. The van der Waals surface area contributed by atoms with E-state index in [1.807, 2.05) is 0 Å². The van der Waals surface area contributed by atoms with Crippen molar-refractivity contribution >= 4 is 11.6 Å². The van der Waals surface area contributed by atoms with Gasteiger partial charge in [-0.15, -0.1) is 0 Å². The first-order chi connectivity index (χ1) is 10.9. The number of hydrogen-bond acceptors (Lipinski definition) is 3. The van der Waals surface area contributed by atoms with Crippen LogP contribution < -0.4 is 0 Å². The maximum Gasteiger partial charge on any atom is 0.159 e. The van der Waals surface area contributed by atoms with Crippen LogP contribution in [-0.4, -0.2) is 24.8 Å². The fraction of sp³-hybridized carbons (Fsp3) is 0.800. The molecule has 0 bridgehead atoms. The Morgan fingerprint density at radius 1 is 1.04 bits per heavy atom. The summed E-state index contributed by atoms with van der Waals surface area (Å²) in [6.07, 6.45) is 8.75. The topological polar surface area (TPSA) is 43.4 Å². The Morgan fingerprint density at radius 3 is 2.48 bits per heavy atom. The van der Waals surface area contributed by atoms with Crippen LogP contribution in [0.4, 0.5) is 0 Å². The number of carbonyl (C=O) groups excluding carboxylic acids is 2. The van der Waals surface area contributed by atoms with Gasteiger partial charge in [0.25, 0.3) is 0 Å². The van der Waals surface area contributed by atoms with E-state index in [-0.39, 0.29) is 16.9 Å². The van der Waals surface area contributed by atoms with Crippen molar-refractivity contribution in [2.75, 3.05) is 7.11 Å². The number of ketones is 2. The van der Waals surface area contributed by atoms with Gasteiger partial charge >= 0.3 is 0 Å². The van der Waals surface area contributed by atoms with Crippen LogP contribution in [0.3, 0.4) is 0 Å². The van der Waals surface area contributed by atoms with Gasteiger partial charge in [-0.3, -0.25) is 9.59 Å². The summed E-state index contributed by atoms with van der Waals surface area (Å²) in [4.78, 5) is 25.3. The van der Waals surface area contributed by atoms with Crippen LogP contribution in [0.1, 0.15) is 58.8 Å². The van der Waals surface area contributed by atoms with Gasteiger partial charge in [-0.05, 0) is 66.9 Å². The molecule has 6 atom stereocenters. The Kier molecular flexibility index (Phi) is 3.39. The molecule has 0 aromatic carbocycles. The van der Waals surface area contributed by atoms with Crippen LogP contribution in [0, 0.1) is 28.6 Å². The molecular weight excluding hydrogens is 288 g/mol. The zero-order chi connectivity index (χ0) is 16.4. The Hall–Kier alpha value is -0.960. The van der Waals surface area contributed by atoms with Crippen LogP contribution in [0.25, 0.3) is 0 Å². The minimum atomic E-state index is -0.150. The lowest BCUT2D eigenvalue weighted by Gasteiger charge is -2.56. The highest BCUT2D eigenvalue weighted by atomic mass is 16.5. The van der Waals surface area contributed by atoms with Gasteiger partial charge in [0.2, 0.25) is 0 Å². The van der Waals surface area contributed by atoms with E-state index in [4.69, 9.17) is 4.74 Å². The summed E-state index contributed by atoms with van der Waals surface area (Å²) < 4.78 is 5.50. The van der Waals surface area contributed by atoms with E-state index in [0.717, 1.165) is 44.1 Å². The quantitative estimate of drug-likeness (QED) is 0.740. The minimum absolute atomic E-state index is 0.00198. The molecule has 0 heterocycles. The lowest BCUT2D eigenvalue weighted by molar-refractivity contribution is -0.138. The molecule has 3 saturated carbocycles. The predicted octanol–water partition coefficient (Wildman–Crippen LogP) is 3.71. The van der Waals surface area contributed by atoms with Crippen LogP contribution in [-0.2, 0) is 14.3 Å². The van der Waals surface area contributed by atoms with E-state index in [1.165, 1.54) is 0 Å². The first kappa shape index (κ1) is 15.6. The highest BCUT2D eigenvalue weighted by Gasteiger charge is 2.60. The van der Waals surface area contributed by atoms with Gasteiger partial charge in [-0.2, -0.15) is 0 Å². The van der Waals surface area contributed by atoms with Crippen molar-refractivity contribution in [3.05, 3.63) is 11.6 Å². The Labute approximate surface area is 138 Å². The van der Waals surface area contributed by atoms with Gasteiger partial charge in [0.05, 0.1) is 6.10 Å². The first-order valence-corrected chi connectivity index (χ1v) is 9.22. The maximum absolute atomic E-state index is 12.9. The molecule has 23 heavy (non-hydrogen) atoms. The largest absolute Gasteiger partial charge is 0.377 e. The highest BCUT2D eigenvalue weighted by molar-refractivity contribution is 5.98. The second kappa shape index (κ2) is 5.02. The van der Waals surface area contributed by atoms with Gasteiger partial charge < -0.3 is 4.74 Å². The fourth-order valence-electron chi connectivity index (χ4n) is 6.48. The monoisotopic (exact) mass is 316 g/mol. The van der Waals surface area contributed by atoms with Gasteiger partial charge in [-0.1, -0.05) is 13.8 Å². The van der Waals surface area contributed by atoms with Gasteiger partial charge in [0, 0.05) is 25.4 Å². The van der Waals surface area contributed by atoms with E-state index < -0.39 is 0 Å². The molecule has 4 aliphatic carbocycles. The number of allylic oxidation sites excluding steroid dienone is 1. The molecule has 0 radical (unpaired) electrons. The number of hydrogen-bond donors (Lipinski definition) is 0. The standard InChI is InChI=1S/C20H28O3/c1-19-8-6-12(23-3)10-16(19)17(21)11-13-14-4-5-18(22)20(14,2)9-7-15(13)19/h10,12-15H,4-9,11H2,1-3H3/t12?,13-,14-,15+,19+,20-/m0/s1. The zero-order valence-electron chi connectivity index (χ0n) is 14.6. The molecule has 4 rings (SSSR count). The first-order valence-electron chi connectivity index (χ1n) is 9.22. The average molecular weight is 316 g/mol. The number of methoxy groups -OCH3 is 1. The molecule has 1 unspecified atom stereocenters. The summed E-state index contributed by atoms with van der Waals surface area (Å²) in [6.45, 7) is 4.47. The van der Waals surface area contributed by atoms with Crippen molar-refractivity contribution in [1.82, 2.24) is 0 Å². The SMILES string of the molecule is COC1C=C2C(=O)C[C@@H]3[C@@H](CC[C@]4(C)C(=O)CC[C@@H]34)[C@@]2(C)CC1. The molecular formula is C20H28O3. The van der Waals surface area contributed by atoms with Crippen molar-refractivity contribution in [2.45, 2.75) is 64.9 Å². The number of ether oxygens (including phenoxy) is 1. The Balaban J connectivity index is 1.72. The predicted molar refractivity (Wildman–Crippen MR) is 87.9 cm³/mol. The molecule has 3 fully saturated rings. The summed E-state index contributed by atoms with van der Waals surface area (Å²) in [5, 5.41) is 0. The second-order valence-corrected chi connectivity index (χ2v) is 8.73. The van der Waals surface area contributed by atoms with Crippen LogP contribution in [0.5, 0.6) is 0 Å². The van der Waals surface area contributed by atoms with E-state index in [0.29, 0.717) is 35.7 Å². The molecule has 4 aliphatic rings. The van der Waals surface area contributed by atoms with Gasteiger partial charge in [0.1, 0.15) is 5.78 Å². The van der Waals surface area contributed by atoms with Crippen molar-refractivity contribution in [3.63, 3.8) is 0 Å². The maximum atomic E-state index is 12.9. The average Bonchev–Trinajstić information content (AvgIpc) is 2.83. The third kappa shape index (κ3) is 1.98. The molecule has 0 N–H and O–H groups in total. The van der Waals surface area contributed by atoms with Crippen molar-refractivity contribution in [2.24, 2.45) is 28.6 Å². The smallest absolute Gasteiger partial charge is 0.159 e. The molecule has 3 heteroatoms. The third-order valence-corrected chi connectivity index (χ3v) is 7.90. The minimum Gasteiger partial charge on any atom is -0.377 e. The Morgan fingerprint density at radius 2 is 1.74 bits per heavy atom. The van der Waals surface area contributed by atoms with Crippen LogP contribution in [0.15, 0.2) is 11.6 Å². The molecule has 0 aromatic rings. The third-order valence-electron chi connectivity index (χ3n) is 7.90. The summed E-state index contributed by atoms with van der Waals surface area (Å²) in [5.41, 5.74) is 0.884. The van der Waals surface area contributed by atoms with E-state index in [9.17, 15) is 9.59 Å². The Bertz CT molecular complexity index is 592. The normalized spacial score (nSPS) is 49.3. The van der Waals surface area contributed by atoms with Crippen molar-refractivity contribution in [1.29, 1.82) is 0 Å². The van der Waals surface area contributed by atoms with E-state index in [1.54, 1.807) is 7.11 Å². The second-order valence-electron chi connectivity index (χ2n) is 8.73. The lowest BCUT2D eigenvalue weighted by atomic mass is 9.47. The van der Waals surface area contributed by atoms with Gasteiger partial charge in [0.15, 0.2) is 5.78 Å². The summed E-state index contributed by atoms with van der Waals surface area (Å²) in [6, 6.07) is 0. The molecule has 0 aromatic heterocycles. The summed E-state index contributed by atoms with van der Waals surface area (Å²) in [5.74, 6) is 2.17. The molecule has 0 spiro atoms. The fourth-order valence-corrected chi connectivity index (χ4v) is 6.48. The number of carbonyl (C=O) groups is 2. The molecule has 3 nitrogen and oxygen atoms in total. The number of fused-ring (bicyclic) bond motifs is 5. The van der Waals surface area contributed by atoms with Crippen LogP contribution >= 0.6 is 0 Å². The number of Topliss-reactive ketones (excluding diaryl/α,β-unsaturated/α-hetero) is 2. The van der Waals surface area contributed by atoms with E-state index >= 15 is 0 Å².